The average Bonchev–Trinajstić information content (AvgIpc) is 2.82. The second-order valence-electron chi connectivity index (χ2n) is 8.52. The van der Waals surface area contributed by atoms with Crippen molar-refractivity contribution in [2.75, 3.05) is 6.54 Å². The third kappa shape index (κ3) is 9.35. The second kappa shape index (κ2) is 14.0. The fourth-order valence-corrected chi connectivity index (χ4v) is 4.00. The molecule has 0 aromatic heterocycles. The first-order valence-corrected chi connectivity index (χ1v) is 11.4. The highest BCUT2D eigenvalue weighted by molar-refractivity contribution is 6.12. The van der Waals surface area contributed by atoms with Crippen LogP contribution in [0.5, 0.6) is 0 Å². The number of nitrogens with zero attached hydrogens (tertiary/aromatic N) is 2. The topological polar surface area (TPSA) is 113 Å². The summed E-state index contributed by atoms with van der Waals surface area (Å²) in [5.41, 5.74) is 1.07. The summed E-state index contributed by atoms with van der Waals surface area (Å²) in [7, 11) is 0. The van der Waals surface area contributed by atoms with E-state index in [2.05, 4.69) is 33.6 Å². The number of aliphatic imine (C=N–C) groups is 1. The number of halogens is 2. The number of carbonyl (C=O) groups excluding carboxylic acids is 1. The molecule has 0 amide bonds. The summed E-state index contributed by atoms with van der Waals surface area (Å²) < 4.78 is 26.5. The third-order valence-corrected chi connectivity index (χ3v) is 5.96. The van der Waals surface area contributed by atoms with Crippen molar-refractivity contribution in [1.29, 1.82) is 10.7 Å². The fourth-order valence-electron chi connectivity index (χ4n) is 4.00. The first kappa shape index (κ1) is 27.8. The van der Waals surface area contributed by atoms with Crippen LogP contribution in [0.2, 0.25) is 0 Å². The fraction of sp³-hybridized carbons (Fsp3) is 0.385. The Bertz CT molecular complexity index is 1020. The predicted molar refractivity (Wildman–Crippen MR) is 134 cm³/mol. The molecule has 186 valence electrons. The maximum atomic E-state index is 13.4. The molecule has 1 aliphatic carbocycles. The van der Waals surface area contributed by atoms with Crippen LogP contribution in [0.4, 0.5) is 8.78 Å². The van der Waals surface area contributed by atoms with E-state index < -0.39 is 5.97 Å². The minimum atomic E-state index is -0.766. The third-order valence-electron chi connectivity index (χ3n) is 5.96. The summed E-state index contributed by atoms with van der Waals surface area (Å²) in [6.45, 7) is 5.83. The molecule has 1 aliphatic rings. The molecule has 0 spiro atoms. The molecule has 0 bridgehead atoms. The lowest BCUT2D eigenvalue weighted by molar-refractivity contribution is -0.104. The average molecular weight is 483 g/mol. The summed E-state index contributed by atoms with van der Waals surface area (Å²) in [4.78, 5) is 14.9. The number of amidine groups is 1. The van der Waals surface area contributed by atoms with E-state index in [4.69, 9.17) is 5.41 Å². The van der Waals surface area contributed by atoms with Crippen molar-refractivity contribution >= 4 is 18.1 Å². The smallest absolute Gasteiger partial charge is 0.214 e. The molecule has 0 saturated heterocycles. The largest absolute Gasteiger partial charge is 0.344 e. The van der Waals surface area contributed by atoms with Gasteiger partial charge in [0, 0.05) is 42.6 Å². The Morgan fingerprint density at radius 1 is 1.34 bits per heavy atom. The van der Waals surface area contributed by atoms with Crippen molar-refractivity contribution in [2.45, 2.75) is 57.2 Å². The number of aldehydes is 1. The molecular formula is C26H32F2N6O. The summed E-state index contributed by atoms with van der Waals surface area (Å²) in [5, 5.41) is 27.0. The quantitative estimate of drug-likeness (QED) is 0.154. The van der Waals surface area contributed by atoms with Crippen LogP contribution in [0, 0.1) is 22.6 Å². The van der Waals surface area contributed by atoms with Gasteiger partial charge in [0.25, 0.3) is 0 Å². The van der Waals surface area contributed by atoms with Crippen LogP contribution < -0.4 is 16.0 Å². The van der Waals surface area contributed by atoms with Gasteiger partial charge in [-0.15, -0.1) is 0 Å². The molecule has 4 N–H and O–H groups in total. The zero-order chi connectivity index (χ0) is 25.7. The Labute approximate surface area is 205 Å². The monoisotopic (exact) mass is 482 g/mol. The highest BCUT2D eigenvalue weighted by Crippen LogP contribution is 2.31. The normalized spacial score (nSPS) is 21.2. The van der Waals surface area contributed by atoms with Gasteiger partial charge in [-0.1, -0.05) is 24.8 Å². The zero-order valence-corrected chi connectivity index (χ0v) is 19.9. The van der Waals surface area contributed by atoms with E-state index in [-0.39, 0.29) is 22.8 Å². The Balaban J connectivity index is 1.90. The number of hydrogen-bond acceptors (Lipinski definition) is 6. The molecule has 9 heteroatoms. The zero-order valence-electron chi connectivity index (χ0n) is 19.9. The van der Waals surface area contributed by atoms with Crippen LogP contribution >= 0.6 is 0 Å². The number of rotatable bonds is 12. The molecule has 35 heavy (non-hydrogen) atoms. The first-order valence-electron chi connectivity index (χ1n) is 11.4. The van der Waals surface area contributed by atoms with Gasteiger partial charge in [-0.2, -0.15) is 9.65 Å². The van der Waals surface area contributed by atoms with E-state index in [0.717, 1.165) is 43.5 Å². The van der Waals surface area contributed by atoms with Crippen molar-refractivity contribution in [3.05, 3.63) is 71.8 Å². The number of benzene rings is 1. The summed E-state index contributed by atoms with van der Waals surface area (Å²) >= 11 is 0. The Morgan fingerprint density at radius 3 is 2.63 bits per heavy atom. The van der Waals surface area contributed by atoms with Gasteiger partial charge >= 0.3 is 0 Å². The summed E-state index contributed by atoms with van der Waals surface area (Å²) in [6.07, 6.45) is 7.96. The lowest BCUT2D eigenvalue weighted by Gasteiger charge is -2.40. The summed E-state index contributed by atoms with van der Waals surface area (Å²) in [6, 6.07) is 8.98. The van der Waals surface area contributed by atoms with Gasteiger partial charge in [0.05, 0.1) is 18.1 Å². The van der Waals surface area contributed by atoms with Crippen LogP contribution in [0.1, 0.15) is 44.6 Å². The Morgan fingerprint density at radius 2 is 2.03 bits per heavy atom. The first-order chi connectivity index (χ1) is 16.8. The Hall–Kier alpha value is -3.48. The van der Waals surface area contributed by atoms with Crippen LogP contribution in [-0.2, 0) is 11.3 Å². The number of carbonyl (C=O) groups is 1. The van der Waals surface area contributed by atoms with Gasteiger partial charge in [0.2, 0.25) is 5.97 Å². The maximum Gasteiger partial charge on any atom is 0.214 e. The molecule has 7 nitrogen and oxygen atoms in total. The highest BCUT2D eigenvalue weighted by atomic mass is 19.1. The van der Waals surface area contributed by atoms with E-state index in [0.29, 0.717) is 37.5 Å². The molecule has 0 atom stereocenters. The van der Waals surface area contributed by atoms with Crippen molar-refractivity contribution in [3.63, 3.8) is 0 Å². The molecule has 1 fully saturated rings. The molecule has 1 saturated carbocycles. The summed E-state index contributed by atoms with van der Waals surface area (Å²) in [5.74, 6) is -1.18. The second-order valence-corrected chi connectivity index (χ2v) is 8.52. The van der Waals surface area contributed by atoms with Crippen molar-refractivity contribution in [2.24, 2.45) is 4.99 Å². The molecule has 0 aliphatic heterocycles. The molecule has 1 aromatic carbocycles. The minimum absolute atomic E-state index is 0.119. The molecular weight excluding hydrogens is 450 g/mol. The van der Waals surface area contributed by atoms with E-state index in [1.807, 2.05) is 0 Å². The van der Waals surface area contributed by atoms with Crippen molar-refractivity contribution in [3.8, 4) is 6.07 Å². The van der Waals surface area contributed by atoms with E-state index in [1.54, 1.807) is 25.1 Å². The SMILES string of the molecule is C=C/N=C(F)\C=C(/C)NC(=N)C(C=O)=CCNC1(CC#N)CCC(NCc2ccc(F)cc2)CC1. The maximum absolute atomic E-state index is 13.4. The van der Waals surface area contributed by atoms with Gasteiger partial charge in [-0.05, 0) is 50.3 Å². The predicted octanol–water partition coefficient (Wildman–Crippen LogP) is 4.21. The number of nitriles is 1. The van der Waals surface area contributed by atoms with E-state index in [9.17, 15) is 18.8 Å². The molecule has 0 radical (unpaired) electrons. The van der Waals surface area contributed by atoms with Gasteiger partial charge in [-0.25, -0.2) is 9.38 Å². The van der Waals surface area contributed by atoms with E-state index in [1.165, 1.54) is 12.1 Å². The lowest BCUT2D eigenvalue weighted by Crippen LogP contribution is -2.50. The van der Waals surface area contributed by atoms with Gasteiger partial charge < -0.3 is 16.0 Å². The highest BCUT2D eigenvalue weighted by Gasteiger charge is 2.34. The van der Waals surface area contributed by atoms with Crippen molar-refractivity contribution < 1.29 is 13.6 Å². The minimum Gasteiger partial charge on any atom is -0.344 e. The molecule has 2 rings (SSSR count). The van der Waals surface area contributed by atoms with Crippen LogP contribution in [0.25, 0.3) is 0 Å². The number of allylic oxidation sites excluding steroid dienone is 2. The molecule has 1 aromatic rings. The lowest BCUT2D eigenvalue weighted by atomic mass is 9.77. The van der Waals surface area contributed by atoms with Crippen LogP contribution in [0.3, 0.4) is 0 Å². The standard InChI is InChI=1S/C26H32F2N6O/c1-3-31-24(28)16-19(2)34-25(30)21(18-35)10-15-33-26(13-14-29)11-8-23(9-12-26)32-17-20-4-6-22(27)7-5-20/h3-7,10,16,18,23,32-33H,1,8-9,11-13,15,17H2,2H3,(H2,30,34)/b19-16+,21-10?,31-24+. The van der Waals surface area contributed by atoms with Gasteiger partial charge in [-0.3, -0.25) is 10.2 Å². The Kier molecular flexibility index (Phi) is 11.1. The van der Waals surface area contributed by atoms with Gasteiger partial charge in [0.1, 0.15) is 11.7 Å². The van der Waals surface area contributed by atoms with Crippen molar-refractivity contribution in [1.82, 2.24) is 16.0 Å². The number of hydrogen-bond donors (Lipinski definition) is 4. The van der Waals surface area contributed by atoms with E-state index >= 15 is 0 Å². The van der Waals surface area contributed by atoms with Crippen LogP contribution in [0.15, 0.2) is 65.5 Å². The molecule has 0 heterocycles. The molecule has 0 unspecified atom stereocenters. The van der Waals surface area contributed by atoms with Gasteiger partial charge in [0.15, 0.2) is 6.29 Å². The number of nitrogens with one attached hydrogen (secondary N) is 4. The van der Waals surface area contributed by atoms with Crippen LogP contribution in [-0.4, -0.2) is 36.2 Å².